The molecule has 5 rings (SSSR count). The second kappa shape index (κ2) is 8.75. The van der Waals surface area contributed by atoms with Gasteiger partial charge in [0.25, 0.3) is 0 Å². The van der Waals surface area contributed by atoms with E-state index in [4.69, 9.17) is 4.74 Å². The summed E-state index contributed by atoms with van der Waals surface area (Å²) in [6.07, 6.45) is 0.825. The summed E-state index contributed by atoms with van der Waals surface area (Å²) in [5.41, 5.74) is 2.93. The molecule has 2 aromatic heterocycles. The lowest BCUT2D eigenvalue weighted by atomic mass is 10.2. The number of fused-ring (bicyclic) bond motifs is 3. The average Bonchev–Trinajstić information content (AvgIpc) is 3.32. The summed E-state index contributed by atoms with van der Waals surface area (Å²) in [4.78, 5) is 4.82. The van der Waals surface area contributed by atoms with Gasteiger partial charge in [0.15, 0.2) is 5.65 Å². The van der Waals surface area contributed by atoms with Crippen molar-refractivity contribution in [3.63, 3.8) is 0 Å². The smallest absolute Gasteiger partial charge is 0.229 e. The molecule has 3 aromatic carbocycles. The zero-order valence-corrected chi connectivity index (χ0v) is 19.6. The number of sulfone groups is 1. The third kappa shape index (κ3) is 3.84. The lowest BCUT2D eigenvalue weighted by Crippen LogP contribution is -2.07. The van der Waals surface area contributed by atoms with Gasteiger partial charge in [-0.05, 0) is 53.9 Å². The van der Waals surface area contributed by atoms with Gasteiger partial charge < -0.3 is 10.1 Å². The van der Waals surface area contributed by atoms with Crippen molar-refractivity contribution in [2.75, 3.05) is 12.4 Å². The third-order valence-electron chi connectivity index (χ3n) is 5.71. The van der Waals surface area contributed by atoms with Crippen molar-refractivity contribution in [3.8, 4) is 5.75 Å². The number of ether oxygens (including phenoxy) is 1. The summed E-state index contributed by atoms with van der Waals surface area (Å²) in [5.74, 6) is 1.31. The van der Waals surface area contributed by atoms with Crippen LogP contribution in [0.3, 0.4) is 0 Å². The van der Waals surface area contributed by atoms with E-state index in [0.29, 0.717) is 17.9 Å². The quantitative estimate of drug-likeness (QED) is 0.376. The lowest BCUT2D eigenvalue weighted by molar-refractivity contribution is 0.414. The minimum atomic E-state index is -3.91. The summed E-state index contributed by atoms with van der Waals surface area (Å²) in [7, 11) is -2.29. The molecule has 0 saturated heterocycles. The molecular weight excluding hydrogens is 450 g/mol. The molecule has 0 spiro atoms. The highest BCUT2D eigenvalue weighted by Crippen LogP contribution is 2.28. The van der Waals surface area contributed by atoms with Gasteiger partial charge in [0, 0.05) is 11.9 Å². The maximum atomic E-state index is 13.4. The van der Waals surface area contributed by atoms with Crippen LogP contribution in [0.1, 0.15) is 18.1 Å². The molecule has 9 heteroatoms. The fourth-order valence-electron chi connectivity index (χ4n) is 3.84. The SMILES string of the molecule is CCc1ccc(S(=O)(=O)c2nnn3c2nc(NCc2cccc(OC)c2)c2ccccc23)cc1. The fraction of sp³-hybridized carbons (Fsp3) is 0.160. The predicted octanol–water partition coefficient (Wildman–Crippen LogP) is 4.29. The van der Waals surface area contributed by atoms with Crippen LogP contribution in [0.2, 0.25) is 0 Å². The Balaban J connectivity index is 1.61. The Hall–Kier alpha value is -3.98. The van der Waals surface area contributed by atoms with E-state index < -0.39 is 9.84 Å². The molecule has 0 amide bonds. The number of nitrogens with zero attached hydrogens (tertiary/aromatic N) is 4. The van der Waals surface area contributed by atoms with Crippen LogP contribution in [-0.2, 0) is 22.8 Å². The predicted molar refractivity (Wildman–Crippen MR) is 130 cm³/mol. The van der Waals surface area contributed by atoms with Gasteiger partial charge in [0.2, 0.25) is 14.9 Å². The van der Waals surface area contributed by atoms with Crippen molar-refractivity contribution in [2.24, 2.45) is 0 Å². The number of hydrogen-bond acceptors (Lipinski definition) is 7. The Bertz CT molecular complexity index is 1590. The summed E-state index contributed by atoms with van der Waals surface area (Å²) >= 11 is 0. The molecule has 0 radical (unpaired) electrons. The van der Waals surface area contributed by atoms with Crippen molar-refractivity contribution in [2.45, 2.75) is 29.8 Å². The van der Waals surface area contributed by atoms with Gasteiger partial charge in [-0.25, -0.2) is 13.4 Å². The highest BCUT2D eigenvalue weighted by Gasteiger charge is 2.27. The maximum Gasteiger partial charge on any atom is 0.229 e. The maximum absolute atomic E-state index is 13.4. The molecule has 2 heterocycles. The van der Waals surface area contributed by atoms with Crippen LogP contribution in [-0.4, -0.2) is 35.3 Å². The molecule has 0 unspecified atom stereocenters. The van der Waals surface area contributed by atoms with Gasteiger partial charge >= 0.3 is 0 Å². The first-order valence-electron chi connectivity index (χ1n) is 10.9. The van der Waals surface area contributed by atoms with Crippen LogP contribution in [0.4, 0.5) is 5.82 Å². The van der Waals surface area contributed by atoms with Gasteiger partial charge in [-0.1, -0.05) is 48.5 Å². The number of methoxy groups -OCH3 is 1. The Morgan fingerprint density at radius 2 is 1.76 bits per heavy atom. The number of hydrogen-bond donors (Lipinski definition) is 1. The molecule has 0 aliphatic rings. The van der Waals surface area contributed by atoms with Crippen LogP contribution in [0, 0.1) is 0 Å². The van der Waals surface area contributed by atoms with E-state index in [2.05, 4.69) is 20.6 Å². The van der Waals surface area contributed by atoms with Gasteiger partial charge in [0.1, 0.15) is 11.6 Å². The van der Waals surface area contributed by atoms with Crippen molar-refractivity contribution in [3.05, 3.63) is 83.9 Å². The minimum Gasteiger partial charge on any atom is -0.497 e. The Labute approximate surface area is 197 Å². The van der Waals surface area contributed by atoms with E-state index in [-0.39, 0.29) is 15.6 Å². The van der Waals surface area contributed by atoms with E-state index >= 15 is 0 Å². The number of anilines is 1. The normalized spacial score (nSPS) is 11.7. The molecule has 8 nitrogen and oxygen atoms in total. The Morgan fingerprint density at radius 3 is 2.53 bits per heavy atom. The van der Waals surface area contributed by atoms with Crippen LogP contribution >= 0.6 is 0 Å². The second-order valence-corrected chi connectivity index (χ2v) is 9.68. The van der Waals surface area contributed by atoms with Gasteiger partial charge in [-0.15, -0.1) is 5.10 Å². The number of para-hydroxylation sites is 1. The highest BCUT2D eigenvalue weighted by molar-refractivity contribution is 7.91. The summed E-state index contributed by atoms with van der Waals surface area (Å²) < 4.78 is 33.6. The molecule has 172 valence electrons. The van der Waals surface area contributed by atoms with Gasteiger partial charge in [-0.2, -0.15) is 4.52 Å². The first-order chi connectivity index (χ1) is 16.5. The van der Waals surface area contributed by atoms with Gasteiger partial charge in [-0.3, -0.25) is 0 Å². The van der Waals surface area contributed by atoms with Crippen LogP contribution in [0.15, 0.2) is 82.7 Å². The topological polar surface area (TPSA) is 98.5 Å². The standard InChI is InChI=1S/C25H23N5O3S/c1-3-17-11-13-20(14-12-17)34(31,32)25-24-27-23(26-16-18-7-6-8-19(15-18)33-2)21-9-4-5-10-22(21)30(24)29-28-25/h4-15H,3,16H2,1-2H3,(H,26,27). The Morgan fingerprint density at radius 1 is 0.971 bits per heavy atom. The summed E-state index contributed by atoms with van der Waals surface area (Å²) in [5, 5.41) is 12.1. The van der Waals surface area contributed by atoms with E-state index in [1.165, 1.54) is 4.52 Å². The largest absolute Gasteiger partial charge is 0.497 e. The molecule has 1 N–H and O–H groups in total. The molecule has 34 heavy (non-hydrogen) atoms. The number of aryl methyl sites for hydroxylation is 1. The molecular formula is C25H23N5O3S. The summed E-state index contributed by atoms with van der Waals surface area (Å²) in [6, 6.07) is 22.1. The Kier molecular flexibility index (Phi) is 5.62. The van der Waals surface area contributed by atoms with Crippen molar-refractivity contribution < 1.29 is 13.2 Å². The lowest BCUT2D eigenvalue weighted by Gasteiger charge is -2.11. The van der Waals surface area contributed by atoms with E-state index in [1.54, 1.807) is 19.2 Å². The molecule has 0 saturated carbocycles. The third-order valence-corrected chi connectivity index (χ3v) is 7.38. The monoisotopic (exact) mass is 473 g/mol. The van der Waals surface area contributed by atoms with E-state index in [1.807, 2.05) is 67.6 Å². The first-order valence-corrected chi connectivity index (χ1v) is 12.3. The second-order valence-electron chi connectivity index (χ2n) is 7.81. The van der Waals surface area contributed by atoms with Crippen LogP contribution < -0.4 is 10.1 Å². The average molecular weight is 474 g/mol. The molecule has 0 atom stereocenters. The molecule has 0 aliphatic heterocycles. The van der Waals surface area contributed by atoms with Crippen molar-refractivity contribution >= 4 is 32.2 Å². The zero-order chi connectivity index (χ0) is 23.7. The zero-order valence-electron chi connectivity index (χ0n) is 18.8. The number of benzene rings is 3. The summed E-state index contributed by atoms with van der Waals surface area (Å²) in [6.45, 7) is 2.50. The van der Waals surface area contributed by atoms with Gasteiger partial charge in [0.05, 0.1) is 17.5 Å². The van der Waals surface area contributed by atoms with Crippen LogP contribution in [0.25, 0.3) is 16.6 Å². The van der Waals surface area contributed by atoms with Crippen LogP contribution in [0.5, 0.6) is 5.75 Å². The van der Waals surface area contributed by atoms with Crippen molar-refractivity contribution in [1.82, 2.24) is 19.8 Å². The first kappa shape index (κ1) is 21.8. The molecule has 0 aliphatic carbocycles. The van der Waals surface area contributed by atoms with E-state index in [9.17, 15) is 8.42 Å². The van der Waals surface area contributed by atoms with E-state index in [0.717, 1.165) is 28.7 Å². The number of rotatable bonds is 7. The van der Waals surface area contributed by atoms with Crippen molar-refractivity contribution in [1.29, 1.82) is 0 Å². The number of nitrogens with one attached hydrogen (secondary N) is 1. The molecule has 0 fully saturated rings. The fourth-order valence-corrected chi connectivity index (χ4v) is 5.07. The molecule has 5 aromatic rings. The molecule has 0 bridgehead atoms. The number of aromatic nitrogens is 4. The highest BCUT2D eigenvalue weighted by atomic mass is 32.2. The minimum absolute atomic E-state index is 0.160.